The predicted octanol–water partition coefficient (Wildman–Crippen LogP) is 3.78. The molecule has 25 heavy (non-hydrogen) atoms. The minimum absolute atomic E-state index is 0.312. The maximum Gasteiger partial charge on any atom is 0.374 e. The quantitative estimate of drug-likeness (QED) is 0.681. The van der Waals surface area contributed by atoms with Gasteiger partial charge < -0.3 is 9.15 Å². The van der Waals surface area contributed by atoms with Crippen molar-refractivity contribution < 1.29 is 13.9 Å². The molecule has 2 heterocycles. The Kier molecular flexibility index (Phi) is 3.92. The van der Waals surface area contributed by atoms with Gasteiger partial charge in [-0.05, 0) is 31.4 Å². The summed E-state index contributed by atoms with van der Waals surface area (Å²) in [6.45, 7) is 4.74. The highest BCUT2D eigenvalue weighted by Crippen LogP contribution is 2.39. The third kappa shape index (κ3) is 2.65. The predicted molar refractivity (Wildman–Crippen MR) is 93.6 cm³/mol. The van der Waals surface area contributed by atoms with E-state index >= 15 is 0 Å². The van der Waals surface area contributed by atoms with E-state index in [9.17, 15) is 4.79 Å². The van der Waals surface area contributed by atoms with E-state index in [-0.39, 0.29) is 0 Å². The van der Waals surface area contributed by atoms with E-state index in [1.807, 2.05) is 36.0 Å². The van der Waals surface area contributed by atoms with Gasteiger partial charge in [-0.2, -0.15) is 5.10 Å². The molecular formula is C20H20N2O3. The van der Waals surface area contributed by atoms with Gasteiger partial charge in [0.1, 0.15) is 5.76 Å². The SMILES string of the molecule is CCOC(=O)c1oc2c(c1C)-c1c(cnn1Cc1ccccc1)CC2. The molecule has 0 aliphatic heterocycles. The molecule has 0 fully saturated rings. The zero-order valence-corrected chi connectivity index (χ0v) is 14.4. The maximum atomic E-state index is 12.2. The zero-order valence-electron chi connectivity index (χ0n) is 14.4. The number of hydrogen-bond acceptors (Lipinski definition) is 4. The fourth-order valence-electron chi connectivity index (χ4n) is 3.47. The lowest BCUT2D eigenvalue weighted by molar-refractivity contribution is 0.0487. The number of carbonyl (C=O) groups is 1. The molecule has 128 valence electrons. The molecule has 0 saturated heterocycles. The van der Waals surface area contributed by atoms with Crippen molar-refractivity contribution >= 4 is 5.97 Å². The van der Waals surface area contributed by atoms with E-state index < -0.39 is 5.97 Å². The van der Waals surface area contributed by atoms with Crippen molar-refractivity contribution in [3.8, 4) is 11.3 Å². The van der Waals surface area contributed by atoms with Crippen molar-refractivity contribution in [2.45, 2.75) is 33.2 Å². The molecule has 1 aliphatic rings. The zero-order chi connectivity index (χ0) is 17.4. The van der Waals surface area contributed by atoms with Crippen LogP contribution < -0.4 is 0 Å². The molecule has 0 saturated carbocycles. The number of rotatable bonds is 4. The van der Waals surface area contributed by atoms with Gasteiger partial charge in [-0.3, -0.25) is 4.68 Å². The fraction of sp³-hybridized carbons (Fsp3) is 0.300. The van der Waals surface area contributed by atoms with Crippen molar-refractivity contribution in [1.82, 2.24) is 9.78 Å². The van der Waals surface area contributed by atoms with E-state index in [0.29, 0.717) is 18.9 Å². The summed E-state index contributed by atoms with van der Waals surface area (Å²) in [5, 5.41) is 4.58. The van der Waals surface area contributed by atoms with Crippen LogP contribution in [0.2, 0.25) is 0 Å². The lowest BCUT2D eigenvalue weighted by atomic mass is 9.93. The first kappa shape index (κ1) is 15.7. The van der Waals surface area contributed by atoms with Crippen LogP contribution in [0.4, 0.5) is 0 Å². The summed E-state index contributed by atoms with van der Waals surface area (Å²) in [7, 11) is 0. The molecule has 1 aromatic carbocycles. The molecule has 5 nitrogen and oxygen atoms in total. The van der Waals surface area contributed by atoms with Gasteiger partial charge >= 0.3 is 5.97 Å². The van der Waals surface area contributed by atoms with Gasteiger partial charge in [-0.25, -0.2) is 4.79 Å². The van der Waals surface area contributed by atoms with E-state index in [1.165, 1.54) is 11.1 Å². The van der Waals surface area contributed by atoms with Crippen molar-refractivity contribution in [2.24, 2.45) is 0 Å². The summed E-state index contributed by atoms with van der Waals surface area (Å²) in [4.78, 5) is 12.2. The average molecular weight is 336 g/mol. The van der Waals surface area contributed by atoms with Crippen LogP contribution in [0, 0.1) is 6.92 Å². The number of furan rings is 1. The average Bonchev–Trinajstić information content (AvgIpc) is 3.17. The van der Waals surface area contributed by atoms with Crippen LogP contribution >= 0.6 is 0 Å². The number of benzene rings is 1. The molecule has 0 radical (unpaired) electrons. The summed E-state index contributed by atoms with van der Waals surface area (Å²) < 4.78 is 13.0. The summed E-state index contributed by atoms with van der Waals surface area (Å²) in [6.07, 6.45) is 3.57. The third-order valence-corrected chi connectivity index (χ3v) is 4.63. The highest BCUT2D eigenvalue weighted by molar-refractivity contribution is 5.91. The number of aryl methyl sites for hydroxylation is 2. The molecule has 0 bridgehead atoms. The van der Waals surface area contributed by atoms with Crippen LogP contribution in [0.15, 0.2) is 40.9 Å². The molecule has 1 aliphatic carbocycles. The molecule has 0 spiro atoms. The molecule has 3 aromatic rings. The van der Waals surface area contributed by atoms with Gasteiger partial charge in [-0.15, -0.1) is 0 Å². The molecule has 5 heteroatoms. The fourth-order valence-corrected chi connectivity index (χ4v) is 3.47. The third-order valence-electron chi connectivity index (χ3n) is 4.63. The second kappa shape index (κ2) is 6.24. The number of aromatic nitrogens is 2. The Hall–Kier alpha value is -2.82. The Morgan fingerprint density at radius 2 is 2.08 bits per heavy atom. The van der Waals surface area contributed by atoms with Gasteiger partial charge in [0.15, 0.2) is 0 Å². The number of nitrogens with zero attached hydrogens (tertiary/aromatic N) is 2. The van der Waals surface area contributed by atoms with E-state index in [1.54, 1.807) is 6.92 Å². The van der Waals surface area contributed by atoms with Crippen LogP contribution in [-0.4, -0.2) is 22.4 Å². The lowest BCUT2D eigenvalue weighted by Gasteiger charge is -2.15. The van der Waals surface area contributed by atoms with Crippen LogP contribution in [0.25, 0.3) is 11.3 Å². The monoisotopic (exact) mass is 336 g/mol. The van der Waals surface area contributed by atoms with E-state index in [2.05, 4.69) is 17.2 Å². The number of carbonyl (C=O) groups excluding carboxylic acids is 1. The smallest absolute Gasteiger partial charge is 0.374 e. The molecule has 0 atom stereocenters. The van der Waals surface area contributed by atoms with Crippen LogP contribution in [-0.2, 0) is 24.1 Å². The molecule has 4 rings (SSSR count). The largest absolute Gasteiger partial charge is 0.460 e. The van der Waals surface area contributed by atoms with Crippen molar-refractivity contribution in [3.05, 3.63) is 64.7 Å². The highest BCUT2D eigenvalue weighted by atomic mass is 16.5. The summed E-state index contributed by atoms with van der Waals surface area (Å²) in [6, 6.07) is 10.2. The van der Waals surface area contributed by atoms with Gasteiger partial charge in [0.05, 0.1) is 25.0 Å². The second-order valence-electron chi connectivity index (χ2n) is 6.24. The van der Waals surface area contributed by atoms with Gasteiger partial charge in [0, 0.05) is 17.5 Å². The standard InChI is InChI=1S/C20H20N2O3/c1-3-24-20(23)19-13(2)17-16(25-19)10-9-15-11-21-22(18(15)17)12-14-7-5-4-6-8-14/h4-8,11H,3,9-10,12H2,1-2H3. The van der Waals surface area contributed by atoms with Gasteiger partial charge in [0.2, 0.25) is 5.76 Å². The topological polar surface area (TPSA) is 57.3 Å². The van der Waals surface area contributed by atoms with Gasteiger partial charge in [-0.1, -0.05) is 30.3 Å². The number of fused-ring (bicyclic) bond motifs is 3. The number of hydrogen-bond donors (Lipinski definition) is 0. The summed E-state index contributed by atoms with van der Waals surface area (Å²) in [5.74, 6) is 0.764. The van der Waals surface area contributed by atoms with Crippen LogP contribution in [0.3, 0.4) is 0 Å². The molecule has 0 unspecified atom stereocenters. The highest BCUT2D eigenvalue weighted by Gasteiger charge is 2.30. The van der Waals surface area contributed by atoms with Crippen molar-refractivity contribution in [1.29, 1.82) is 0 Å². The van der Waals surface area contributed by atoms with Crippen LogP contribution in [0.5, 0.6) is 0 Å². The molecule has 0 amide bonds. The minimum atomic E-state index is -0.398. The van der Waals surface area contributed by atoms with E-state index in [0.717, 1.165) is 35.4 Å². The Morgan fingerprint density at radius 1 is 1.28 bits per heavy atom. The van der Waals surface area contributed by atoms with Crippen molar-refractivity contribution in [3.63, 3.8) is 0 Å². The maximum absolute atomic E-state index is 12.2. The lowest BCUT2D eigenvalue weighted by Crippen LogP contribution is -2.09. The van der Waals surface area contributed by atoms with E-state index in [4.69, 9.17) is 9.15 Å². The Bertz CT molecular complexity index is 922. The Labute approximate surface area is 146 Å². The first-order chi connectivity index (χ1) is 12.2. The Morgan fingerprint density at radius 3 is 2.84 bits per heavy atom. The normalized spacial score (nSPS) is 12.6. The minimum Gasteiger partial charge on any atom is -0.460 e. The molecule has 0 N–H and O–H groups in total. The van der Waals surface area contributed by atoms with Crippen LogP contribution in [0.1, 0.15) is 39.9 Å². The number of ether oxygens (including phenoxy) is 1. The first-order valence-electron chi connectivity index (χ1n) is 8.57. The summed E-state index contributed by atoms with van der Waals surface area (Å²) in [5.41, 5.74) is 5.28. The Balaban J connectivity index is 1.78. The molecule has 2 aromatic heterocycles. The second-order valence-corrected chi connectivity index (χ2v) is 6.24. The molecular weight excluding hydrogens is 316 g/mol. The number of esters is 1. The summed E-state index contributed by atoms with van der Waals surface area (Å²) >= 11 is 0. The van der Waals surface area contributed by atoms with Crippen molar-refractivity contribution in [2.75, 3.05) is 6.61 Å². The first-order valence-corrected chi connectivity index (χ1v) is 8.57. The van der Waals surface area contributed by atoms with Gasteiger partial charge in [0.25, 0.3) is 0 Å².